The lowest BCUT2D eigenvalue weighted by molar-refractivity contribution is -0.906. The van der Waals surface area contributed by atoms with E-state index in [0.29, 0.717) is 12.2 Å². The molecule has 2 N–H and O–H groups in total. The summed E-state index contributed by atoms with van der Waals surface area (Å²) in [6.45, 7) is 7.16. The number of hydrogen-bond donors (Lipinski definition) is 2. The molecule has 7 nitrogen and oxygen atoms in total. The molecule has 0 atom stereocenters. The number of amides is 1. The van der Waals surface area contributed by atoms with E-state index in [9.17, 15) is 4.79 Å². The second-order valence-electron chi connectivity index (χ2n) is 7.53. The summed E-state index contributed by atoms with van der Waals surface area (Å²) >= 11 is 0. The van der Waals surface area contributed by atoms with E-state index in [1.807, 2.05) is 67.2 Å². The Labute approximate surface area is 170 Å². The summed E-state index contributed by atoms with van der Waals surface area (Å²) in [6, 6.07) is 13.9. The second-order valence-corrected chi connectivity index (χ2v) is 7.53. The van der Waals surface area contributed by atoms with Crippen LogP contribution in [0.25, 0.3) is 17.1 Å². The van der Waals surface area contributed by atoms with Crippen LogP contribution in [-0.2, 0) is 11.8 Å². The van der Waals surface area contributed by atoms with Crippen molar-refractivity contribution in [1.82, 2.24) is 19.7 Å². The zero-order valence-corrected chi connectivity index (χ0v) is 17.0. The van der Waals surface area contributed by atoms with Crippen molar-refractivity contribution in [2.24, 2.45) is 7.05 Å². The lowest BCUT2D eigenvalue weighted by Crippen LogP contribution is -3.14. The highest BCUT2D eigenvalue weighted by Gasteiger charge is 2.19. The van der Waals surface area contributed by atoms with Crippen molar-refractivity contribution in [1.29, 1.82) is 0 Å². The van der Waals surface area contributed by atoms with Crippen LogP contribution in [0.3, 0.4) is 0 Å². The number of aryl methyl sites for hydroxylation is 2. The Bertz CT molecular complexity index is 968. The molecule has 1 saturated heterocycles. The fraction of sp³-hybridized carbons (Fsp3) is 0.364. The number of rotatable bonds is 6. The smallest absolute Gasteiger partial charge is 0.270 e. The minimum atomic E-state index is -0.105. The van der Waals surface area contributed by atoms with Gasteiger partial charge in [-0.1, -0.05) is 17.7 Å². The predicted octanol–water partition coefficient (Wildman–Crippen LogP) is 0.831. The van der Waals surface area contributed by atoms with Crippen LogP contribution in [0, 0.1) is 6.92 Å². The Morgan fingerprint density at radius 2 is 1.97 bits per heavy atom. The molecule has 1 fully saturated rings. The van der Waals surface area contributed by atoms with Crippen LogP contribution >= 0.6 is 0 Å². The van der Waals surface area contributed by atoms with Gasteiger partial charge in [0.15, 0.2) is 0 Å². The van der Waals surface area contributed by atoms with Gasteiger partial charge in [0.05, 0.1) is 37.7 Å². The van der Waals surface area contributed by atoms with Gasteiger partial charge < -0.3 is 19.5 Å². The average molecular weight is 394 g/mol. The standard InChI is InChI=1S/C22H27N5O2/c1-17-5-7-18(8-6-17)27-21(16-19(24-27)20-4-3-10-25(20)2)22(28)23-9-11-26-12-14-29-15-13-26/h3-8,10,16H,9,11-15H2,1-2H3,(H,23,28)/p+1. The van der Waals surface area contributed by atoms with E-state index in [1.54, 1.807) is 4.68 Å². The molecule has 0 unspecified atom stereocenters. The molecule has 152 valence electrons. The largest absolute Gasteiger partial charge is 0.370 e. The summed E-state index contributed by atoms with van der Waals surface area (Å²) in [5.74, 6) is -0.105. The molecule has 2 aromatic heterocycles. The first kappa shape index (κ1) is 19.4. The first-order valence-corrected chi connectivity index (χ1v) is 10.1. The Morgan fingerprint density at radius 1 is 1.21 bits per heavy atom. The quantitative estimate of drug-likeness (QED) is 0.651. The van der Waals surface area contributed by atoms with Crippen LogP contribution in [-0.4, -0.2) is 59.6 Å². The van der Waals surface area contributed by atoms with Crippen LogP contribution in [0.4, 0.5) is 0 Å². The molecule has 0 spiro atoms. The van der Waals surface area contributed by atoms with E-state index in [0.717, 1.165) is 49.9 Å². The number of quaternary nitrogens is 1. The van der Waals surface area contributed by atoms with E-state index < -0.39 is 0 Å². The summed E-state index contributed by atoms with van der Waals surface area (Å²) < 4.78 is 9.14. The number of aromatic nitrogens is 3. The molecule has 0 aliphatic carbocycles. The maximum Gasteiger partial charge on any atom is 0.270 e. The van der Waals surface area contributed by atoms with Gasteiger partial charge in [0.25, 0.3) is 5.91 Å². The lowest BCUT2D eigenvalue weighted by Gasteiger charge is -2.23. The summed E-state index contributed by atoms with van der Waals surface area (Å²) in [6.07, 6.45) is 1.98. The molecule has 0 saturated carbocycles. The molecule has 29 heavy (non-hydrogen) atoms. The summed E-state index contributed by atoms with van der Waals surface area (Å²) in [5, 5.41) is 7.82. The van der Waals surface area contributed by atoms with Gasteiger partial charge in [0, 0.05) is 13.2 Å². The van der Waals surface area contributed by atoms with Gasteiger partial charge in [0.2, 0.25) is 0 Å². The Morgan fingerprint density at radius 3 is 2.66 bits per heavy atom. The van der Waals surface area contributed by atoms with E-state index in [-0.39, 0.29) is 5.91 Å². The summed E-state index contributed by atoms with van der Waals surface area (Å²) in [4.78, 5) is 14.5. The van der Waals surface area contributed by atoms with E-state index >= 15 is 0 Å². The van der Waals surface area contributed by atoms with Gasteiger partial charge in [-0.05, 0) is 37.3 Å². The van der Waals surface area contributed by atoms with E-state index in [4.69, 9.17) is 9.84 Å². The number of ether oxygens (including phenoxy) is 1. The molecule has 1 amide bonds. The van der Waals surface area contributed by atoms with Crippen molar-refractivity contribution in [2.45, 2.75) is 6.92 Å². The highest BCUT2D eigenvalue weighted by Crippen LogP contribution is 2.22. The van der Waals surface area contributed by atoms with Gasteiger partial charge in [-0.2, -0.15) is 5.10 Å². The van der Waals surface area contributed by atoms with Crippen LogP contribution in [0.1, 0.15) is 16.1 Å². The van der Waals surface area contributed by atoms with Crippen molar-refractivity contribution in [2.75, 3.05) is 39.4 Å². The molecule has 3 heterocycles. The number of carbonyl (C=O) groups excluding carboxylic acids is 1. The second kappa shape index (κ2) is 8.63. The Hall–Kier alpha value is -2.90. The number of nitrogens with zero attached hydrogens (tertiary/aromatic N) is 3. The molecule has 3 aromatic rings. The third-order valence-electron chi connectivity index (χ3n) is 5.39. The van der Waals surface area contributed by atoms with Crippen molar-refractivity contribution in [3.63, 3.8) is 0 Å². The van der Waals surface area contributed by atoms with Gasteiger partial charge >= 0.3 is 0 Å². The molecule has 1 aliphatic heterocycles. The number of nitrogens with one attached hydrogen (secondary N) is 2. The number of morpholine rings is 1. The molecule has 7 heteroatoms. The third kappa shape index (κ3) is 4.41. The summed E-state index contributed by atoms with van der Waals surface area (Å²) in [5.41, 5.74) is 4.34. The third-order valence-corrected chi connectivity index (χ3v) is 5.39. The molecular weight excluding hydrogens is 366 g/mol. The van der Waals surface area contributed by atoms with E-state index in [1.165, 1.54) is 10.5 Å². The Kier molecular flexibility index (Phi) is 5.78. The maximum atomic E-state index is 13.0. The van der Waals surface area contributed by atoms with Crippen molar-refractivity contribution >= 4 is 5.91 Å². The lowest BCUT2D eigenvalue weighted by atomic mass is 10.2. The maximum absolute atomic E-state index is 13.0. The zero-order chi connectivity index (χ0) is 20.2. The van der Waals surface area contributed by atoms with E-state index in [2.05, 4.69) is 5.32 Å². The van der Waals surface area contributed by atoms with Crippen LogP contribution in [0.15, 0.2) is 48.7 Å². The zero-order valence-electron chi connectivity index (χ0n) is 17.0. The van der Waals surface area contributed by atoms with Crippen molar-refractivity contribution < 1.29 is 14.4 Å². The monoisotopic (exact) mass is 394 g/mol. The average Bonchev–Trinajstić information content (AvgIpc) is 3.35. The van der Waals surface area contributed by atoms with Crippen molar-refractivity contribution in [3.8, 4) is 17.1 Å². The minimum Gasteiger partial charge on any atom is -0.370 e. The molecule has 0 bridgehead atoms. The van der Waals surface area contributed by atoms with Gasteiger partial charge in [-0.25, -0.2) is 4.68 Å². The highest BCUT2D eigenvalue weighted by atomic mass is 16.5. The SMILES string of the molecule is Cc1ccc(-n2nc(-c3cccn3C)cc2C(=O)NCC[NH+]2CCOCC2)cc1. The van der Waals surface area contributed by atoms with Crippen LogP contribution in [0.5, 0.6) is 0 Å². The molecule has 0 radical (unpaired) electrons. The molecular formula is C22H28N5O2+. The Balaban J connectivity index is 1.56. The number of carbonyl (C=O) groups is 1. The minimum absolute atomic E-state index is 0.105. The van der Waals surface area contributed by atoms with Crippen molar-refractivity contribution in [3.05, 3.63) is 59.9 Å². The fourth-order valence-corrected chi connectivity index (χ4v) is 3.63. The normalized spacial score (nSPS) is 14.8. The molecule has 1 aliphatic rings. The van der Waals surface area contributed by atoms with Gasteiger partial charge in [-0.3, -0.25) is 4.79 Å². The van der Waals surface area contributed by atoms with Gasteiger partial charge in [0.1, 0.15) is 24.5 Å². The first-order chi connectivity index (χ1) is 14.1. The van der Waals surface area contributed by atoms with Crippen LogP contribution < -0.4 is 10.2 Å². The predicted molar refractivity (Wildman–Crippen MR) is 111 cm³/mol. The highest BCUT2D eigenvalue weighted by molar-refractivity contribution is 5.94. The molecule has 1 aromatic carbocycles. The van der Waals surface area contributed by atoms with Gasteiger partial charge in [-0.15, -0.1) is 0 Å². The summed E-state index contributed by atoms with van der Waals surface area (Å²) in [7, 11) is 1.98. The number of hydrogen-bond acceptors (Lipinski definition) is 3. The first-order valence-electron chi connectivity index (χ1n) is 10.1. The van der Waals surface area contributed by atoms with Crippen LogP contribution in [0.2, 0.25) is 0 Å². The molecule has 4 rings (SSSR count). The topological polar surface area (TPSA) is 65.5 Å². The number of benzene rings is 1. The fourth-order valence-electron chi connectivity index (χ4n) is 3.63.